The number of anilines is 1. The number of hydrogen-bond donors (Lipinski definition) is 1. The van der Waals surface area contributed by atoms with E-state index in [0.29, 0.717) is 0 Å². The molecule has 0 radical (unpaired) electrons. The van der Waals surface area contributed by atoms with E-state index in [9.17, 15) is 0 Å². The fourth-order valence-electron chi connectivity index (χ4n) is 3.13. The molecular formula is C18H18N4O. The largest absolute Gasteiger partial charge is 0.497 e. The fourth-order valence-corrected chi connectivity index (χ4v) is 3.13. The van der Waals surface area contributed by atoms with Crippen LogP contribution in [0.15, 0.2) is 60.9 Å². The van der Waals surface area contributed by atoms with Gasteiger partial charge < -0.3 is 10.1 Å². The first kappa shape index (κ1) is 13.8. The molecule has 5 nitrogen and oxygen atoms in total. The summed E-state index contributed by atoms with van der Waals surface area (Å²) in [5, 5.41) is 7.87. The van der Waals surface area contributed by atoms with E-state index in [-0.39, 0.29) is 12.1 Å². The number of fused-ring (bicyclic) bond motifs is 1. The van der Waals surface area contributed by atoms with Gasteiger partial charge in [-0.3, -0.25) is 0 Å². The Morgan fingerprint density at radius 3 is 2.57 bits per heavy atom. The second-order valence-electron chi connectivity index (χ2n) is 5.66. The molecule has 0 bridgehead atoms. The monoisotopic (exact) mass is 306 g/mol. The number of aromatic nitrogens is 3. The molecule has 1 aliphatic heterocycles. The molecule has 2 heterocycles. The first-order valence-electron chi connectivity index (χ1n) is 7.70. The summed E-state index contributed by atoms with van der Waals surface area (Å²) in [7, 11) is 1.68. The van der Waals surface area contributed by atoms with Crippen molar-refractivity contribution in [3.63, 3.8) is 0 Å². The van der Waals surface area contributed by atoms with Crippen LogP contribution in [0.5, 0.6) is 5.75 Å². The van der Waals surface area contributed by atoms with Crippen molar-refractivity contribution in [2.45, 2.75) is 18.5 Å². The molecule has 4 rings (SSSR count). The van der Waals surface area contributed by atoms with Crippen LogP contribution in [0.3, 0.4) is 0 Å². The number of rotatable bonds is 3. The zero-order valence-corrected chi connectivity index (χ0v) is 12.9. The lowest BCUT2D eigenvalue weighted by atomic mass is 9.93. The van der Waals surface area contributed by atoms with Crippen LogP contribution in [0.2, 0.25) is 0 Å². The standard InChI is InChI=1S/C18H18N4O/c1-23-15-9-7-13(8-10-15)16-11-17(14-5-3-2-4-6-14)22-18(21-16)19-12-20-22/h2-10,12,16-17H,11H2,1H3,(H,19,20,21)/t16-,17+/m1/s1. The predicted octanol–water partition coefficient (Wildman–Crippen LogP) is 3.43. The normalized spacial score (nSPS) is 19.7. The minimum atomic E-state index is 0.182. The summed E-state index contributed by atoms with van der Waals surface area (Å²) < 4.78 is 7.21. The lowest BCUT2D eigenvalue weighted by Gasteiger charge is -2.31. The third kappa shape index (κ3) is 2.54. The van der Waals surface area contributed by atoms with Crippen molar-refractivity contribution in [3.05, 3.63) is 72.1 Å². The highest BCUT2D eigenvalue weighted by Crippen LogP contribution is 2.37. The lowest BCUT2D eigenvalue weighted by Crippen LogP contribution is -2.28. The second-order valence-corrected chi connectivity index (χ2v) is 5.66. The van der Waals surface area contributed by atoms with Crippen molar-refractivity contribution in [2.75, 3.05) is 12.4 Å². The number of ether oxygens (including phenoxy) is 1. The quantitative estimate of drug-likeness (QED) is 0.805. The van der Waals surface area contributed by atoms with Gasteiger partial charge in [-0.2, -0.15) is 10.1 Å². The number of nitrogens with zero attached hydrogens (tertiary/aromatic N) is 3. The van der Waals surface area contributed by atoms with Crippen LogP contribution in [0.1, 0.15) is 29.6 Å². The Bertz CT molecular complexity index is 782. The first-order valence-corrected chi connectivity index (χ1v) is 7.70. The average molecular weight is 306 g/mol. The Balaban J connectivity index is 1.69. The van der Waals surface area contributed by atoms with Gasteiger partial charge in [0.25, 0.3) is 0 Å². The van der Waals surface area contributed by atoms with Crippen molar-refractivity contribution >= 4 is 5.95 Å². The van der Waals surface area contributed by atoms with Gasteiger partial charge in [-0.25, -0.2) is 4.68 Å². The topological polar surface area (TPSA) is 52.0 Å². The van der Waals surface area contributed by atoms with Gasteiger partial charge in [-0.05, 0) is 29.7 Å². The molecule has 116 valence electrons. The van der Waals surface area contributed by atoms with Gasteiger partial charge in [-0.1, -0.05) is 42.5 Å². The van der Waals surface area contributed by atoms with E-state index >= 15 is 0 Å². The summed E-state index contributed by atoms with van der Waals surface area (Å²) >= 11 is 0. The van der Waals surface area contributed by atoms with Gasteiger partial charge in [0, 0.05) is 0 Å². The molecule has 1 aliphatic rings. The molecule has 1 aromatic heterocycles. The molecule has 0 saturated carbocycles. The molecule has 0 aliphatic carbocycles. The highest BCUT2D eigenvalue weighted by molar-refractivity contribution is 5.39. The fraction of sp³-hybridized carbons (Fsp3) is 0.222. The van der Waals surface area contributed by atoms with Gasteiger partial charge in [0.15, 0.2) is 0 Å². The van der Waals surface area contributed by atoms with Crippen LogP contribution in [0.25, 0.3) is 0 Å². The van der Waals surface area contributed by atoms with Crippen LogP contribution in [-0.4, -0.2) is 21.9 Å². The van der Waals surface area contributed by atoms with E-state index in [4.69, 9.17) is 4.74 Å². The van der Waals surface area contributed by atoms with E-state index in [0.717, 1.165) is 18.1 Å². The van der Waals surface area contributed by atoms with Crippen molar-refractivity contribution in [1.29, 1.82) is 0 Å². The number of nitrogens with one attached hydrogen (secondary N) is 1. The Morgan fingerprint density at radius 2 is 1.83 bits per heavy atom. The maximum absolute atomic E-state index is 5.24. The van der Waals surface area contributed by atoms with Crippen molar-refractivity contribution in [3.8, 4) is 5.75 Å². The molecule has 2 aromatic carbocycles. The maximum atomic E-state index is 5.24. The summed E-state index contributed by atoms with van der Waals surface area (Å²) in [5.41, 5.74) is 2.47. The van der Waals surface area contributed by atoms with E-state index in [2.05, 4.69) is 51.8 Å². The van der Waals surface area contributed by atoms with Crippen LogP contribution < -0.4 is 10.1 Å². The highest BCUT2D eigenvalue weighted by Gasteiger charge is 2.29. The minimum Gasteiger partial charge on any atom is -0.497 e. The van der Waals surface area contributed by atoms with Gasteiger partial charge in [0.2, 0.25) is 5.95 Å². The van der Waals surface area contributed by atoms with Crippen molar-refractivity contribution < 1.29 is 4.74 Å². The third-order valence-electron chi connectivity index (χ3n) is 4.33. The number of hydrogen-bond acceptors (Lipinski definition) is 4. The van der Waals surface area contributed by atoms with E-state index in [1.165, 1.54) is 11.1 Å². The summed E-state index contributed by atoms with van der Waals surface area (Å²) in [6, 6.07) is 19.0. The van der Waals surface area contributed by atoms with E-state index in [1.807, 2.05) is 22.9 Å². The number of methoxy groups -OCH3 is 1. The zero-order chi connectivity index (χ0) is 15.6. The molecule has 0 fully saturated rings. The Morgan fingerprint density at radius 1 is 1.04 bits per heavy atom. The minimum absolute atomic E-state index is 0.182. The predicted molar refractivity (Wildman–Crippen MR) is 88.6 cm³/mol. The lowest BCUT2D eigenvalue weighted by molar-refractivity contribution is 0.413. The Labute approximate surface area is 134 Å². The molecule has 1 N–H and O–H groups in total. The molecule has 2 atom stereocenters. The molecule has 0 amide bonds. The van der Waals surface area contributed by atoms with E-state index < -0.39 is 0 Å². The van der Waals surface area contributed by atoms with Gasteiger partial charge in [-0.15, -0.1) is 0 Å². The molecule has 3 aromatic rings. The summed E-state index contributed by atoms with van der Waals surface area (Å²) in [6.45, 7) is 0. The van der Waals surface area contributed by atoms with Gasteiger partial charge >= 0.3 is 0 Å². The van der Waals surface area contributed by atoms with Crippen molar-refractivity contribution in [2.24, 2.45) is 0 Å². The Kier molecular flexibility index (Phi) is 3.46. The van der Waals surface area contributed by atoms with Crippen LogP contribution in [0, 0.1) is 0 Å². The van der Waals surface area contributed by atoms with Crippen molar-refractivity contribution in [1.82, 2.24) is 14.8 Å². The maximum Gasteiger partial charge on any atom is 0.222 e. The van der Waals surface area contributed by atoms with Crippen LogP contribution in [-0.2, 0) is 0 Å². The van der Waals surface area contributed by atoms with Crippen LogP contribution >= 0.6 is 0 Å². The van der Waals surface area contributed by atoms with Gasteiger partial charge in [0.1, 0.15) is 12.1 Å². The van der Waals surface area contributed by atoms with E-state index in [1.54, 1.807) is 13.4 Å². The molecule has 0 saturated heterocycles. The highest BCUT2D eigenvalue weighted by atomic mass is 16.5. The molecule has 0 unspecified atom stereocenters. The second kappa shape index (κ2) is 5.76. The molecule has 5 heteroatoms. The average Bonchev–Trinajstić information content (AvgIpc) is 3.10. The zero-order valence-electron chi connectivity index (χ0n) is 12.9. The summed E-state index contributed by atoms with van der Waals surface area (Å²) in [5.74, 6) is 1.68. The van der Waals surface area contributed by atoms with Gasteiger partial charge in [0.05, 0.1) is 19.2 Å². The molecule has 23 heavy (non-hydrogen) atoms. The summed E-state index contributed by atoms with van der Waals surface area (Å²) in [4.78, 5) is 4.36. The van der Waals surface area contributed by atoms with Crippen LogP contribution in [0.4, 0.5) is 5.95 Å². The SMILES string of the molecule is COc1ccc([C@H]2C[C@@H](c3ccccc3)n3ncnc3N2)cc1. The third-order valence-corrected chi connectivity index (χ3v) is 4.33. The molecule has 0 spiro atoms. The number of benzene rings is 2. The first-order chi connectivity index (χ1) is 11.3. The molecular weight excluding hydrogens is 288 g/mol. The summed E-state index contributed by atoms with van der Waals surface area (Å²) in [6.07, 6.45) is 2.53. The Hall–Kier alpha value is -2.82. The smallest absolute Gasteiger partial charge is 0.222 e.